The molecule has 0 heterocycles. The molecular formula is C21H26O3Si. The quantitative estimate of drug-likeness (QED) is 0.615. The number of aliphatic hydroxyl groups excluding tert-OH is 2. The molecule has 2 N–H and O–H groups in total. The Balaban J connectivity index is 2.71. The van der Waals surface area contributed by atoms with Gasteiger partial charge in [0.05, 0.1) is 6.61 Å². The molecule has 0 fully saturated rings. The summed E-state index contributed by atoms with van der Waals surface area (Å²) in [6.45, 7) is 5.97. The molecule has 0 unspecified atom stereocenters. The van der Waals surface area contributed by atoms with Crippen molar-refractivity contribution in [3.8, 4) is 12.3 Å². The van der Waals surface area contributed by atoms with E-state index in [2.05, 4.69) is 51.0 Å². The third-order valence-corrected chi connectivity index (χ3v) is 9.43. The fourth-order valence-corrected chi connectivity index (χ4v) is 7.82. The van der Waals surface area contributed by atoms with E-state index in [0.29, 0.717) is 0 Å². The second kappa shape index (κ2) is 7.98. The number of aliphatic hydroxyl groups is 2. The largest absolute Gasteiger partial charge is 0.394 e. The van der Waals surface area contributed by atoms with E-state index in [-0.39, 0.29) is 5.04 Å². The number of hydrogen-bond acceptors (Lipinski definition) is 3. The summed E-state index contributed by atoms with van der Waals surface area (Å²) in [4.78, 5) is 0. The molecule has 0 amide bonds. The van der Waals surface area contributed by atoms with Gasteiger partial charge >= 0.3 is 0 Å². The molecule has 2 rings (SSSR count). The van der Waals surface area contributed by atoms with E-state index in [0.717, 1.165) is 10.4 Å². The summed E-state index contributed by atoms with van der Waals surface area (Å²) in [6.07, 6.45) is 3.63. The molecule has 0 radical (unpaired) electrons. The second-order valence-corrected chi connectivity index (χ2v) is 11.4. The molecule has 25 heavy (non-hydrogen) atoms. The summed E-state index contributed by atoms with van der Waals surface area (Å²) >= 11 is 0. The highest BCUT2D eigenvalue weighted by atomic mass is 28.4. The van der Waals surface area contributed by atoms with Crippen molar-refractivity contribution in [2.45, 2.75) is 38.0 Å². The maximum absolute atomic E-state index is 10.1. The molecule has 0 spiro atoms. The van der Waals surface area contributed by atoms with Crippen LogP contribution < -0.4 is 10.4 Å². The van der Waals surface area contributed by atoms with E-state index >= 15 is 0 Å². The van der Waals surface area contributed by atoms with Crippen molar-refractivity contribution >= 4 is 18.7 Å². The van der Waals surface area contributed by atoms with E-state index in [1.807, 2.05) is 36.4 Å². The molecule has 0 bridgehead atoms. The molecule has 2 aromatic carbocycles. The molecule has 2 aromatic rings. The Morgan fingerprint density at radius 2 is 1.44 bits per heavy atom. The number of terminal acetylenes is 1. The van der Waals surface area contributed by atoms with Gasteiger partial charge in [0.25, 0.3) is 8.32 Å². The van der Waals surface area contributed by atoms with E-state index in [9.17, 15) is 10.2 Å². The standard InChI is InChI=1S/C21H26O3Si/c1-5-20(19(23)16-22)24-25(21(2,3)4,17-12-8-6-9-13-17)18-14-10-7-11-15-18/h1,6-15,19-20,22-23H,16H2,2-4H3/t19-,20+/m1/s1. The van der Waals surface area contributed by atoms with Gasteiger partial charge in [0.2, 0.25) is 0 Å². The number of hydrogen-bond donors (Lipinski definition) is 2. The van der Waals surface area contributed by atoms with Crippen molar-refractivity contribution in [3.05, 3.63) is 60.7 Å². The summed E-state index contributed by atoms with van der Waals surface area (Å²) in [7, 11) is -2.83. The van der Waals surface area contributed by atoms with Gasteiger partial charge in [-0.3, -0.25) is 0 Å². The third-order valence-electron chi connectivity index (χ3n) is 4.42. The molecule has 0 aliphatic carbocycles. The Labute approximate surface area is 151 Å². The normalized spacial score (nSPS) is 14.6. The predicted octanol–water partition coefficient (Wildman–Crippen LogP) is 1.92. The molecular weight excluding hydrogens is 328 g/mol. The minimum Gasteiger partial charge on any atom is -0.394 e. The van der Waals surface area contributed by atoms with E-state index < -0.39 is 27.1 Å². The van der Waals surface area contributed by atoms with Gasteiger partial charge in [-0.15, -0.1) is 6.42 Å². The molecule has 4 heteroatoms. The van der Waals surface area contributed by atoms with Crippen molar-refractivity contribution in [2.75, 3.05) is 6.61 Å². The molecule has 132 valence electrons. The van der Waals surface area contributed by atoms with Crippen molar-refractivity contribution < 1.29 is 14.6 Å². The average Bonchev–Trinajstić information content (AvgIpc) is 2.62. The minimum atomic E-state index is -2.83. The molecule has 0 saturated carbocycles. The van der Waals surface area contributed by atoms with E-state index in [1.54, 1.807) is 0 Å². The van der Waals surface area contributed by atoms with Crippen LogP contribution >= 0.6 is 0 Å². The average molecular weight is 355 g/mol. The zero-order valence-corrected chi connectivity index (χ0v) is 16.0. The van der Waals surface area contributed by atoms with Gasteiger partial charge in [-0.25, -0.2) is 0 Å². The van der Waals surface area contributed by atoms with Crippen LogP contribution in [0.1, 0.15) is 20.8 Å². The summed E-state index contributed by atoms with van der Waals surface area (Å²) in [5, 5.41) is 21.4. The van der Waals surface area contributed by atoms with Crippen LogP contribution in [0, 0.1) is 12.3 Å². The Hall–Kier alpha value is -1.90. The SMILES string of the molecule is C#C[C@H](O[Si](c1ccccc1)(c1ccccc1)C(C)(C)C)[C@H](O)CO. The van der Waals surface area contributed by atoms with Gasteiger partial charge in [0.1, 0.15) is 12.2 Å². The fourth-order valence-electron chi connectivity index (χ4n) is 3.20. The fraction of sp³-hybridized carbons (Fsp3) is 0.333. The summed E-state index contributed by atoms with van der Waals surface area (Å²) in [5.41, 5.74) is 0. The first-order valence-corrected chi connectivity index (χ1v) is 10.3. The van der Waals surface area contributed by atoms with Crippen LogP contribution in [0.4, 0.5) is 0 Å². The van der Waals surface area contributed by atoms with Gasteiger partial charge in [-0.2, -0.15) is 0 Å². The molecule has 0 aliphatic heterocycles. The van der Waals surface area contributed by atoms with Crippen LogP contribution in [0.25, 0.3) is 0 Å². The maximum atomic E-state index is 10.1. The lowest BCUT2D eigenvalue weighted by molar-refractivity contribution is 0.0209. The summed E-state index contributed by atoms with van der Waals surface area (Å²) < 4.78 is 6.57. The van der Waals surface area contributed by atoms with Crippen molar-refractivity contribution in [1.29, 1.82) is 0 Å². The first-order chi connectivity index (χ1) is 11.9. The number of benzene rings is 2. The lowest BCUT2D eigenvalue weighted by Crippen LogP contribution is -2.68. The van der Waals surface area contributed by atoms with Gasteiger partial charge in [0.15, 0.2) is 0 Å². The first-order valence-electron chi connectivity index (χ1n) is 8.40. The van der Waals surface area contributed by atoms with Crippen LogP contribution in [0.3, 0.4) is 0 Å². The van der Waals surface area contributed by atoms with Gasteiger partial charge in [-0.1, -0.05) is 87.4 Å². The smallest absolute Gasteiger partial charge is 0.262 e. The van der Waals surface area contributed by atoms with E-state index in [1.165, 1.54) is 0 Å². The minimum absolute atomic E-state index is 0.236. The van der Waals surface area contributed by atoms with E-state index in [4.69, 9.17) is 10.8 Å². The summed E-state index contributed by atoms with van der Waals surface area (Å²) in [6, 6.07) is 20.1. The van der Waals surface area contributed by atoms with Crippen LogP contribution in [0.15, 0.2) is 60.7 Å². The molecule has 0 aromatic heterocycles. The van der Waals surface area contributed by atoms with Gasteiger partial charge in [0, 0.05) is 0 Å². The van der Waals surface area contributed by atoms with Gasteiger partial charge < -0.3 is 14.6 Å². The third kappa shape index (κ3) is 3.86. The Morgan fingerprint density at radius 1 is 1.00 bits per heavy atom. The number of rotatable bonds is 6. The maximum Gasteiger partial charge on any atom is 0.262 e. The lowest BCUT2D eigenvalue weighted by atomic mass is 10.2. The molecule has 2 atom stereocenters. The lowest BCUT2D eigenvalue weighted by Gasteiger charge is -2.44. The van der Waals surface area contributed by atoms with Crippen LogP contribution in [0.2, 0.25) is 5.04 Å². The molecule has 0 aliphatic rings. The Bertz CT molecular complexity index is 662. The zero-order chi connectivity index (χ0) is 18.5. The molecule has 0 saturated heterocycles. The second-order valence-electron chi connectivity index (χ2n) is 7.12. The topological polar surface area (TPSA) is 49.7 Å². The Morgan fingerprint density at radius 3 is 1.76 bits per heavy atom. The Kier molecular flexibility index (Phi) is 6.20. The highest BCUT2D eigenvalue weighted by molar-refractivity contribution is 6.99. The van der Waals surface area contributed by atoms with Crippen molar-refractivity contribution in [1.82, 2.24) is 0 Å². The van der Waals surface area contributed by atoms with Crippen LogP contribution in [0.5, 0.6) is 0 Å². The van der Waals surface area contributed by atoms with Gasteiger partial charge in [-0.05, 0) is 15.4 Å². The van der Waals surface area contributed by atoms with Crippen molar-refractivity contribution in [3.63, 3.8) is 0 Å². The van der Waals surface area contributed by atoms with Crippen LogP contribution in [-0.4, -0.2) is 37.3 Å². The predicted molar refractivity (Wildman–Crippen MR) is 104 cm³/mol. The molecule has 3 nitrogen and oxygen atoms in total. The van der Waals surface area contributed by atoms with Crippen LogP contribution in [-0.2, 0) is 4.43 Å². The zero-order valence-electron chi connectivity index (χ0n) is 15.0. The highest BCUT2D eigenvalue weighted by Crippen LogP contribution is 2.37. The highest BCUT2D eigenvalue weighted by Gasteiger charge is 2.51. The monoisotopic (exact) mass is 354 g/mol. The van der Waals surface area contributed by atoms with Crippen molar-refractivity contribution in [2.24, 2.45) is 0 Å². The first kappa shape index (κ1) is 19.4. The summed E-state index contributed by atoms with van der Waals surface area (Å²) in [5.74, 6) is 2.52.